The van der Waals surface area contributed by atoms with E-state index in [0.717, 1.165) is 27.8 Å². The van der Waals surface area contributed by atoms with Crippen molar-refractivity contribution < 1.29 is 14.3 Å². The van der Waals surface area contributed by atoms with Crippen LogP contribution in [0.4, 0.5) is 4.79 Å². The number of ether oxygens (including phenoxy) is 2. The molecular formula is C16H19N3O3S. The lowest BCUT2D eigenvalue weighted by Gasteiger charge is -2.21. The fourth-order valence-electron chi connectivity index (χ4n) is 2.32. The summed E-state index contributed by atoms with van der Waals surface area (Å²) in [4.78, 5) is 16.3. The van der Waals surface area contributed by atoms with E-state index in [4.69, 9.17) is 9.47 Å². The Balaban J connectivity index is 1.55. The number of hydrogen-bond donors (Lipinski definition) is 2. The fourth-order valence-corrected chi connectivity index (χ4v) is 2.93. The lowest BCUT2D eigenvalue weighted by Crippen LogP contribution is -2.36. The topological polar surface area (TPSA) is 72.5 Å². The first kappa shape index (κ1) is 15.6. The number of nitrogens with one attached hydrogen (secondary N) is 2. The third-order valence-corrected chi connectivity index (χ3v) is 4.33. The molecule has 0 spiro atoms. The summed E-state index contributed by atoms with van der Waals surface area (Å²) >= 11 is 1.57. The molecule has 0 saturated carbocycles. The van der Waals surface area contributed by atoms with E-state index in [0.29, 0.717) is 19.8 Å². The van der Waals surface area contributed by atoms with E-state index >= 15 is 0 Å². The molecular weight excluding hydrogens is 314 g/mol. The van der Waals surface area contributed by atoms with Crippen LogP contribution >= 0.6 is 11.3 Å². The molecule has 0 radical (unpaired) electrons. The molecule has 2 N–H and O–H groups in total. The molecule has 7 heteroatoms. The first-order chi connectivity index (χ1) is 11.1. The number of fused-ring (bicyclic) bond motifs is 1. The average molecular weight is 333 g/mol. The second kappa shape index (κ2) is 6.87. The number of thiazole rings is 1. The van der Waals surface area contributed by atoms with Gasteiger partial charge < -0.3 is 20.1 Å². The summed E-state index contributed by atoms with van der Waals surface area (Å²) in [5.41, 5.74) is 1.84. The summed E-state index contributed by atoms with van der Waals surface area (Å²) in [5, 5.41) is 8.66. The van der Waals surface area contributed by atoms with Crippen LogP contribution in [-0.2, 0) is 6.54 Å². The van der Waals surface area contributed by atoms with Crippen LogP contribution in [0.25, 0.3) is 0 Å². The third kappa shape index (κ3) is 3.92. The SMILES string of the molecule is Cc1nc(CNC(=O)N[C@H](C)c2ccc3c(c2)OCCO3)cs1. The molecule has 1 aromatic heterocycles. The fraction of sp³-hybridized carbons (Fsp3) is 0.375. The van der Waals surface area contributed by atoms with E-state index in [-0.39, 0.29) is 12.1 Å². The molecule has 2 amide bonds. The van der Waals surface area contributed by atoms with Crippen molar-refractivity contribution in [2.24, 2.45) is 0 Å². The van der Waals surface area contributed by atoms with Crippen molar-refractivity contribution in [3.8, 4) is 11.5 Å². The number of benzene rings is 1. The summed E-state index contributed by atoms with van der Waals surface area (Å²) in [7, 11) is 0. The zero-order valence-corrected chi connectivity index (χ0v) is 13.9. The number of urea groups is 1. The molecule has 6 nitrogen and oxygen atoms in total. The Morgan fingerprint density at radius 2 is 2.13 bits per heavy atom. The standard InChI is InChI=1S/C16H19N3O3S/c1-10(12-3-4-14-15(7-12)22-6-5-21-14)18-16(20)17-8-13-9-23-11(2)19-13/h3-4,7,9-10H,5-6,8H2,1-2H3,(H2,17,18,20)/t10-/m1/s1. The van der Waals surface area contributed by atoms with E-state index < -0.39 is 0 Å². The van der Waals surface area contributed by atoms with Crippen LogP contribution in [0.2, 0.25) is 0 Å². The van der Waals surface area contributed by atoms with Crippen LogP contribution < -0.4 is 20.1 Å². The minimum Gasteiger partial charge on any atom is -0.486 e. The third-order valence-electron chi connectivity index (χ3n) is 3.51. The number of carbonyl (C=O) groups excluding carboxylic acids is 1. The number of hydrogen-bond acceptors (Lipinski definition) is 5. The predicted molar refractivity (Wildman–Crippen MR) is 88.1 cm³/mol. The number of rotatable bonds is 4. The van der Waals surface area contributed by atoms with Crippen molar-refractivity contribution >= 4 is 17.4 Å². The molecule has 2 aromatic rings. The summed E-state index contributed by atoms with van der Waals surface area (Å²) in [6.45, 7) is 5.41. The highest BCUT2D eigenvalue weighted by Gasteiger charge is 2.15. The Morgan fingerprint density at radius 3 is 2.87 bits per heavy atom. The van der Waals surface area contributed by atoms with Crippen molar-refractivity contribution in [3.63, 3.8) is 0 Å². The van der Waals surface area contributed by atoms with Gasteiger partial charge >= 0.3 is 6.03 Å². The molecule has 122 valence electrons. The highest BCUT2D eigenvalue weighted by molar-refractivity contribution is 7.09. The Bertz CT molecular complexity index is 702. The van der Waals surface area contributed by atoms with Gasteiger partial charge in [-0.2, -0.15) is 0 Å². The van der Waals surface area contributed by atoms with Crippen LogP contribution in [0, 0.1) is 6.92 Å². The Hall–Kier alpha value is -2.28. The molecule has 1 aliphatic heterocycles. The maximum absolute atomic E-state index is 12.0. The highest BCUT2D eigenvalue weighted by atomic mass is 32.1. The van der Waals surface area contributed by atoms with Crippen LogP contribution in [0.1, 0.15) is 29.2 Å². The minimum absolute atomic E-state index is 0.136. The van der Waals surface area contributed by atoms with Crippen molar-refractivity contribution in [1.29, 1.82) is 0 Å². The van der Waals surface area contributed by atoms with Gasteiger partial charge in [0.05, 0.1) is 23.3 Å². The number of carbonyl (C=O) groups is 1. The molecule has 23 heavy (non-hydrogen) atoms. The van der Waals surface area contributed by atoms with E-state index in [1.54, 1.807) is 11.3 Å². The molecule has 1 aliphatic rings. The average Bonchev–Trinajstić information content (AvgIpc) is 2.98. The van der Waals surface area contributed by atoms with Gasteiger partial charge in [-0.15, -0.1) is 11.3 Å². The molecule has 1 atom stereocenters. The largest absolute Gasteiger partial charge is 0.486 e. The van der Waals surface area contributed by atoms with Gasteiger partial charge in [0.25, 0.3) is 0 Å². The monoisotopic (exact) mass is 333 g/mol. The molecule has 0 unspecified atom stereocenters. The normalized spacial score (nSPS) is 14.2. The smallest absolute Gasteiger partial charge is 0.315 e. The summed E-state index contributed by atoms with van der Waals surface area (Å²) in [6, 6.07) is 5.35. The lowest BCUT2D eigenvalue weighted by atomic mass is 10.1. The maximum Gasteiger partial charge on any atom is 0.315 e. The van der Waals surface area contributed by atoms with Crippen LogP contribution in [0.3, 0.4) is 0 Å². The summed E-state index contributed by atoms with van der Waals surface area (Å²) in [6.07, 6.45) is 0. The van der Waals surface area contributed by atoms with Gasteiger partial charge in [-0.05, 0) is 31.5 Å². The lowest BCUT2D eigenvalue weighted by molar-refractivity contribution is 0.171. The van der Waals surface area contributed by atoms with Gasteiger partial charge in [0.1, 0.15) is 13.2 Å². The summed E-state index contributed by atoms with van der Waals surface area (Å²) < 4.78 is 11.1. The number of aromatic nitrogens is 1. The maximum atomic E-state index is 12.0. The van der Waals surface area contributed by atoms with Crippen LogP contribution in [0.5, 0.6) is 11.5 Å². The Morgan fingerprint density at radius 1 is 1.35 bits per heavy atom. The van der Waals surface area contributed by atoms with Gasteiger partial charge in [-0.3, -0.25) is 0 Å². The van der Waals surface area contributed by atoms with Gasteiger partial charge in [0.15, 0.2) is 11.5 Å². The van der Waals surface area contributed by atoms with Crippen molar-refractivity contribution in [2.75, 3.05) is 13.2 Å². The van der Waals surface area contributed by atoms with E-state index in [1.807, 2.05) is 37.4 Å². The van der Waals surface area contributed by atoms with Gasteiger partial charge in [0.2, 0.25) is 0 Å². The molecule has 0 saturated heterocycles. The predicted octanol–water partition coefficient (Wildman–Crippen LogP) is 2.78. The van der Waals surface area contributed by atoms with Crippen molar-refractivity contribution in [1.82, 2.24) is 15.6 Å². The minimum atomic E-state index is -0.224. The Kier molecular flexibility index (Phi) is 4.66. The van der Waals surface area contributed by atoms with Gasteiger partial charge in [-0.25, -0.2) is 9.78 Å². The highest BCUT2D eigenvalue weighted by Crippen LogP contribution is 2.32. The van der Waals surface area contributed by atoms with Gasteiger partial charge in [-0.1, -0.05) is 6.07 Å². The number of nitrogens with zero attached hydrogens (tertiary/aromatic N) is 1. The molecule has 3 rings (SSSR count). The van der Waals surface area contributed by atoms with Crippen LogP contribution in [-0.4, -0.2) is 24.2 Å². The van der Waals surface area contributed by atoms with Crippen molar-refractivity contribution in [2.45, 2.75) is 26.4 Å². The Labute approximate surface area is 138 Å². The zero-order chi connectivity index (χ0) is 16.2. The second-order valence-corrected chi connectivity index (χ2v) is 6.37. The van der Waals surface area contributed by atoms with Crippen molar-refractivity contribution in [3.05, 3.63) is 39.8 Å². The van der Waals surface area contributed by atoms with E-state index in [2.05, 4.69) is 15.6 Å². The number of amides is 2. The molecule has 0 fully saturated rings. The molecule has 0 aliphatic carbocycles. The van der Waals surface area contributed by atoms with E-state index in [1.165, 1.54) is 0 Å². The molecule has 2 heterocycles. The second-order valence-electron chi connectivity index (χ2n) is 5.31. The first-order valence-electron chi connectivity index (χ1n) is 7.47. The number of aryl methyl sites for hydroxylation is 1. The zero-order valence-electron chi connectivity index (χ0n) is 13.1. The van der Waals surface area contributed by atoms with Crippen LogP contribution in [0.15, 0.2) is 23.6 Å². The molecule has 1 aromatic carbocycles. The quantitative estimate of drug-likeness (QED) is 0.902. The first-order valence-corrected chi connectivity index (χ1v) is 8.34. The summed E-state index contributed by atoms with van der Waals surface area (Å²) in [5.74, 6) is 1.47. The molecule has 0 bridgehead atoms. The van der Waals surface area contributed by atoms with Gasteiger partial charge in [0, 0.05) is 5.38 Å². The van der Waals surface area contributed by atoms with E-state index in [9.17, 15) is 4.79 Å².